The molecule has 1 heterocycles. The highest BCUT2D eigenvalue weighted by molar-refractivity contribution is 7.85. The first-order chi connectivity index (χ1) is 7.88. The fraction of sp³-hybridized carbons (Fsp3) is 0.100. The van der Waals surface area contributed by atoms with Gasteiger partial charge in [0.1, 0.15) is 0 Å². The third kappa shape index (κ3) is 2.29. The van der Waals surface area contributed by atoms with Crippen LogP contribution in [0.25, 0.3) is 5.69 Å². The zero-order valence-corrected chi connectivity index (χ0v) is 9.72. The summed E-state index contributed by atoms with van der Waals surface area (Å²) < 4.78 is 31.7. The van der Waals surface area contributed by atoms with Gasteiger partial charge in [-0.3, -0.25) is 4.55 Å². The molecule has 0 fully saturated rings. The van der Waals surface area contributed by atoms with E-state index in [9.17, 15) is 13.5 Å². The van der Waals surface area contributed by atoms with Gasteiger partial charge >= 0.3 is 0 Å². The molecule has 2 rings (SSSR count). The Morgan fingerprint density at radius 2 is 1.82 bits per heavy atom. The third-order valence-corrected chi connectivity index (χ3v) is 3.06. The molecule has 2 N–H and O–H groups in total. The number of hydrogen-bond acceptors (Lipinski definition) is 4. The fourth-order valence-corrected chi connectivity index (χ4v) is 1.92. The van der Waals surface area contributed by atoms with Gasteiger partial charge in [-0.25, -0.2) is 4.68 Å². The van der Waals surface area contributed by atoms with Crippen LogP contribution in [0, 0.1) is 6.92 Å². The second kappa shape index (κ2) is 3.86. The molecule has 0 atom stereocenters. The Bertz CT molecular complexity index is 643. The van der Waals surface area contributed by atoms with Crippen molar-refractivity contribution in [1.29, 1.82) is 0 Å². The van der Waals surface area contributed by atoms with Crippen molar-refractivity contribution in [2.75, 3.05) is 0 Å². The molecular weight excluding hydrogens is 244 g/mol. The Labute approximate surface area is 97.9 Å². The van der Waals surface area contributed by atoms with Gasteiger partial charge in [0.25, 0.3) is 10.1 Å². The van der Waals surface area contributed by atoms with Crippen molar-refractivity contribution in [3.8, 4) is 11.6 Å². The van der Waals surface area contributed by atoms with Crippen LogP contribution in [-0.2, 0) is 10.1 Å². The quantitative estimate of drug-likeness (QED) is 0.784. The number of benzene rings is 1. The molecular formula is C10H10N2O4S. The lowest BCUT2D eigenvalue weighted by molar-refractivity contribution is 0.433. The van der Waals surface area contributed by atoms with E-state index in [0.29, 0.717) is 11.4 Å². The lowest BCUT2D eigenvalue weighted by Crippen LogP contribution is -2.00. The van der Waals surface area contributed by atoms with Gasteiger partial charge in [0.05, 0.1) is 16.3 Å². The molecule has 17 heavy (non-hydrogen) atoms. The van der Waals surface area contributed by atoms with E-state index >= 15 is 0 Å². The molecule has 0 spiro atoms. The van der Waals surface area contributed by atoms with Crippen LogP contribution in [0.4, 0.5) is 0 Å². The summed E-state index contributed by atoms with van der Waals surface area (Å²) in [5, 5.41) is 13.6. The minimum Gasteiger partial charge on any atom is -0.493 e. The molecule has 0 saturated carbocycles. The predicted molar refractivity (Wildman–Crippen MR) is 59.8 cm³/mol. The number of rotatable bonds is 2. The van der Waals surface area contributed by atoms with Crippen molar-refractivity contribution in [2.45, 2.75) is 11.8 Å². The first-order valence-electron chi connectivity index (χ1n) is 4.71. The van der Waals surface area contributed by atoms with E-state index in [-0.39, 0.29) is 10.8 Å². The number of nitrogens with zero attached hydrogens (tertiary/aromatic N) is 2. The smallest absolute Gasteiger partial charge is 0.294 e. The van der Waals surface area contributed by atoms with E-state index in [1.54, 1.807) is 6.92 Å². The average molecular weight is 254 g/mol. The van der Waals surface area contributed by atoms with Gasteiger partial charge in [0.15, 0.2) is 0 Å². The Kier molecular flexibility index (Phi) is 2.64. The van der Waals surface area contributed by atoms with Crippen molar-refractivity contribution < 1.29 is 18.1 Å². The van der Waals surface area contributed by atoms with Gasteiger partial charge < -0.3 is 5.11 Å². The molecule has 0 unspecified atom stereocenters. The van der Waals surface area contributed by atoms with Gasteiger partial charge in [0, 0.05) is 6.07 Å². The predicted octanol–water partition coefficient (Wildman–Crippen LogP) is 1.13. The summed E-state index contributed by atoms with van der Waals surface area (Å²) in [6, 6.07) is 6.84. The zero-order chi connectivity index (χ0) is 12.6. The van der Waals surface area contributed by atoms with Gasteiger partial charge in [-0.05, 0) is 31.2 Å². The van der Waals surface area contributed by atoms with E-state index in [4.69, 9.17) is 4.55 Å². The highest BCUT2D eigenvalue weighted by atomic mass is 32.2. The number of aryl methyl sites for hydroxylation is 1. The van der Waals surface area contributed by atoms with Crippen LogP contribution < -0.4 is 0 Å². The summed E-state index contributed by atoms with van der Waals surface area (Å²) in [6.07, 6.45) is 0. The van der Waals surface area contributed by atoms with Gasteiger partial charge in [0.2, 0.25) is 5.88 Å². The van der Waals surface area contributed by atoms with Crippen LogP contribution in [0.15, 0.2) is 35.2 Å². The maximum Gasteiger partial charge on any atom is 0.294 e. The van der Waals surface area contributed by atoms with Crippen LogP contribution in [0.3, 0.4) is 0 Å². The molecule has 6 nitrogen and oxygen atoms in total. The van der Waals surface area contributed by atoms with Crippen molar-refractivity contribution in [2.24, 2.45) is 0 Å². The molecule has 0 radical (unpaired) electrons. The average Bonchev–Trinajstić information content (AvgIpc) is 2.57. The SMILES string of the molecule is Cc1cc(O)n(-c2ccc(S(=O)(=O)O)cc2)n1. The van der Waals surface area contributed by atoms with E-state index in [0.717, 1.165) is 0 Å². The van der Waals surface area contributed by atoms with E-state index in [2.05, 4.69) is 5.10 Å². The van der Waals surface area contributed by atoms with Crippen molar-refractivity contribution in [3.05, 3.63) is 36.0 Å². The first-order valence-corrected chi connectivity index (χ1v) is 6.15. The summed E-state index contributed by atoms with van der Waals surface area (Å²) >= 11 is 0. The minimum atomic E-state index is -4.20. The van der Waals surface area contributed by atoms with Crippen molar-refractivity contribution >= 4 is 10.1 Å². The zero-order valence-electron chi connectivity index (χ0n) is 8.90. The second-order valence-corrected chi connectivity index (χ2v) is 4.95. The summed E-state index contributed by atoms with van der Waals surface area (Å²) in [6.45, 7) is 1.72. The Morgan fingerprint density at radius 3 is 2.24 bits per heavy atom. The molecule has 90 valence electrons. The lowest BCUT2D eigenvalue weighted by Gasteiger charge is -2.03. The molecule has 0 aliphatic heterocycles. The molecule has 0 amide bonds. The van der Waals surface area contributed by atoms with Crippen LogP contribution in [-0.4, -0.2) is 27.9 Å². The summed E-state index contributed by atoms with van der Waals surface area (Å²) in [7, 11) is -4.20. The topological polar surface area (TPSA) is 92.4 Å². The first kappa shape index (κ1) is 11.6. The maximum atomic E-state index is 10.8. The number of aromatic hydroxyl groups is 1. The Hall–Kier alpha value is -1.86. The lowest BCUT2D eigenvalue weighted by atomic mass is 10.3. The molecule has 7 heteroatoms. The van der Waals surface area contributed by atoms with Gasteiger partial charge in [-0.1, -0.05) is 0 Å². The molecule has 1 aromatic carbocycles. The Balaban J connectivity index is 2.46. The third-order valence-electron chi connectivity index (χ3n) is 2.19. The standard InChI is InChI=1S/C10H10N2O4S/c1-7-6-10(13)12(11-7)8-2-4-9(5-3-8)17(14,15)16/h2-6,13H,1H3,(H,14,15,16). The number of hydrogen-bond donors (Lipinski definition) is 2. The summed E-state index contributed by atoms with van der Waals surface area (Å²) in [5.41, 5.74) is 1.14. The second-order valence-electron chi connectivity index (χ2n) is 3.52. The van der Waals surface area contributed by atoms with E-state index < -0.39 is 10.1 Å². The van der Waals surface area contributed by atoms with Gasteiger partial charge in [-0.15, -0.1) is 0 Å². The van der Waals surface area contributed by atoms with Crippen LogP contribution in [0.1, 0.15) is 5.69 Å². The summed E-state index contributed by atoms with van der Waals surface area (Å²) in [4.78, 5) is -0.204. The number of aromatic nitrogens is 2. The molecule has 2 aromatic rings. The van der Waals surface area contributed by atoms with Crippen LogP contribution in [0.2, 0.25) is 0 Å². The molecule has 0 aliphatic carbocycles. The molecule has 0 saturated heterocycles. The van der Waals surface area contributed by atoms with Crippen molar-refractivity contribution in [1.82, 2.24) is 9.78 Å². The van der Waals surface area contributed by atoms with Gasteiger partial charge in [-0.2, -0.15) is 13.5 Å². The van der Waals surface area contributed by atoms with E-state index in [1.165, 1.54) is 35.0 Å². The fourth-order valence-electron chi connectivity index (χ4n) is 1.44. The normalized spacial score (nSPS) is 11.6. The van der Waals surface area contributed by atoms with E-state index in [1.807, 2.05) is 0 Å². The minimum absolute atomic E-state index is 0.0397. The van der Waals surface area contributed by atoms with Crippen LogP contribution >= 0.6 is 0 Å². The highest BCUT2D eigenvalue weighted by Crippen LogP contribution is 2.19. The van der Waals surface area contributed by atoms with Crippen molar-refractivity contribution in [3.63, 3.8) is 0 Å². The largest absolute Gasteiger partial charge is 0.493 e. The maximum absolute atomic E-state index is 10.8. The van der Waals surface area contributed by atoms with Crippen LogP contribution in [0.5, 0.6) is 5.88 Å². The molecule has 1 aromatic heterocycles. The highest BCUT2D eigenvalue weighted by Gasteiger charge is 2.10. The molecule has 0 bridgehead atoms. The monoisotopic (exact) mass is 254 g/mol. The summed E-state index contributed by atoms with van der Waals surface area (Å²) in [5.74, 6) is -0.0397. The molecule has 0 aliphatic rings. The Morgan fingerprint density at radius 1 is 1.24 bits per heavy atom.